The Labute approximate surface area is 154 Å². The summed E-state index contributed by atoms with van der Waals surface area (Å²) in [4.78, 5) is 23.6. The summed E-state index contributed by atoms with van der Waals surface area (Å²) in [5.41, 5.74) is 1.92. The minimum atomic E-state index is -0.537. The van der Waals surface area contributed by atoms with E-state index in [2.05, 4.69) is 26.6 Å². The van der Waals surface area contributed by atoms with Gasteiger partial charge in [-0.1, -0.05) is 40.2 Å². The van der Waals surface area contributed by atoms with Crippen molar-refractivity contribution in [1.29, 1.82) is 5.26 Å². The van der Waals surface area contributed by atoms with Crippen LogP contribution in [0.4, 0.5) is 5.69 Å². The van der Waals surface area contributed by atoms with Crippen molar-refractivity contribution in [3.63, 3.8) is 0 Å². The molecule has 0 aliphatic rings. The zero-order valence-electron chi connectivity index (χ0n) is 13.5. The number of rotatable bonds is 6. The number of hydrogen-bond donors (Lipinski definition) is 2. The summed E-state index contributed by atoms with van der Waals surface area (Å²) in [5, 5.41) is 14.8. The molecule has 1 amide bonds. The molecule has 0 saturated carbocycles. The fraction of sp³-hybridized carbons (Fsp3) is 0.105. The molecule has 0 bridgehead atoms. The minimum Gasteiger partial charge on any atom is -0.386 e. The van der Waals surface area contributed by atoms with Gasteiger partial charge in [0.25, 0.3) is 5.91 Å². The van der Waals surface area contributed by atoms with Gasteiger partial charge in [0, 0.05) is 28.5 Å². The minimum absolute atomic E-state index is 0.0526. The van der Waals surface area contributed by atoms with Crippen LogP contribution in [-0.4, -0.2) is 11.7 Å². The van der Waals surface area contributed by atoms with E-state index in [-0.39, 0.29) is 11.4 Å². The summed E-state index contributed by atoms with van der Waals surface area (Å²) >= 11 is 3.39. The molecule has 0 aromatic heterocycles. The predicted molar refractivity (Wildman–Crippen MR) is 99.8 cm³/mol. The first-order valence-corrected chi connectivity index (χ1v) is 8.29. The first-order chi connectivity index (χ1) is 12.0. The molecule has 0 unspecified atom stereocenters. The number of halogens is 1. The van der Waals surface area contributed by atoms with E-state index >= 15 is 0 Å². The summed E-state index contributed by atoms with van der Waals surface area (Å²) in [7, 11) is 0. The van der Waals surface area contributed by atoms with Crippen LogP contribution in [0.5, 0.6) is 0 Å². The molecule has 2 aromatic carbocycles. The maximum atomic E-state index is 12.2. The van der Waals surface area contributed by atoms with E-state index in [1.54, 1.807) is 24.3 Å². The van der Waals surface area contributed by atoms with Gasteiger partial charge < -0.3 is 10.6 Å². The second kappa shape index (κ2) is 8.81. The van der Waals surface area contributed by atoms with E-state index in [0.717, 1.165) is 10.0 Å². The third-order valence-electron chi connectivity index (χ3n) is 3.33. The molecular weight excluding hydrogens is 382 g/mol. The molecule has 2 N–H and O–H groups in total. The highest BCUT2D eigenvalue weighted by Crippen LogP contribution is 2.13. The first kappa shape index (κ1) is 18.4. The molecule has 2 rings (SSSR count). The average Bonchev–Trinajstić information content (AvgIpc) is 2.59. The van der Waals surface area contributed by atoms with Gasteiger partial charge in [-0.25, -0.2) is 0 Å². The number of nitriles is 1. The van der Waals surface area contributed by atoms with Crippen LogP contribution in [-0.2, 0) is 11.3 Å². The van der Waals surface area contributed by atoms with Crippen LogP contribution in [0, 0.1) is 11.3 Å². The van der Waals surface area contributed by atoms with Crippen LogP contribution in [0.15, 0.2) is 64.8 Å². The number of carbonyl (C=O) groups is 2. The Hall–Kier alpha value is -2.91. The average molecular weight is 398 g/mol. The highest BCUT2D eigenvalue weighted by Gasteiger charge is 2.10. The number of Topliss-reactive ketones (excluding diaryl/α,β-unsaturated/α-hetero) is 1. The van der Waals surface area contributed by atoms with Crippen LogP contribution in [0.25, 0.3) is 0 Å². The largest absolute Gasteiger partial charge is 0.386 e. The first-order valence-electron chi connectivity index (χ1n) is 7.50. The van der Waals surface area contributed by atoms with Crippen molar-refractivity contribution in [2.24, 2.45) is 0 Å². The smallest absolute Gasteiger partial charge is 0.267 e. The van der Waals surface area contributed by atoms with Gasteiger partial charge in [-0.05, 0) is 36.8 Å². The molecule has 0 heterocycles. The van der Waals surface area contributed by atoms with Crippen molar-refractivity contribution in [2.75, 3.05) is 5.32 Å². The maximum absolute atomic E-state index is 12.2. The second-order valence-electron chi connectivity index (χ2n) is 5.27. The van der Waals surface area contributed by atoms with Crippen LogP contribution >= 0.6 is 15.9 Å². The highest BCUT2D eigenvalue weighted by molar-refractivity contribution is 9.10. The molecule has 0 atom stereocenters. The Bertz CT molecular complexity index is 869. The van der Waals surface area contributed by atoms with E-state index in [9.17, 15) is 14.9 Å². The molecule has 0 aliphatic heterocycles. The fourth-order valence-electron chi connectivity index (χ4n) is 2.08. The van der Waals surface area contributed by atoms with Crippen LogP contribution in [0.1, 0.15) is 22.8 Å². The molecule has 0 spiro atoms. The SMILES string of the molecule is CC(=O)c1cccc(NC(=O)/C(C#N)=C\NCc2cccc(Br)c2)c1. The number of anilines is 1. The van der Waals surface area contributed by atoms with Gasteiger partial charge in [-0.3, -0.25) is 9.59 Å². The van der Waals surface area contributed by atoms with Crippen LogP contribution in [0.3, 0.4) is 0 Å². The van der Waals surface area contributed by atoms with Gasteiger partial charge in [0.05, 0.1) is 0 Å². The van der Waals surface area contributed by atoms with E-state index < -0.39 is 5.91 Å². The Morgan fingerprint density at radius 1 is 1.20 bits per heavy atom. The predicted octanol–water partition coefficient (Wildman–Crippen LogP) is 3.79. The molecule has 126 valence electrons. The van der Waals surface area contributed by atoms with E-state index in [0.29, 0.717) is 17.8 Å². The molecule has 0 aliphatic carbocycles. The normalized spacial score (nSPS) is 10.7. The lowest BCUT2D eigenvalue weighted by Gasteiger charge is -2.06. The number of nitrogens with zero attached hydrogens (tertiary/aromatic N) is 1. The Morgan fingerprint density at radius 3 is 2.64 bits per heavy atom. The van der Waals surface area contributed by atoms with Crippen molar-refractivity contribution in [2.45, 2.75) is 13.5 Å². The van der Waals surface area contributed by atoms with E-state index in [1.807, 2.05) is 30.3 Å². The van der Waals surface area contributed by atoms with Crippen molar-refractivity contribution < 1.29 is 9.59 Å². The lowest BCUT2D eigenvalue weighted by Crippen LogP contribution is -2.16. The lowest BCUT2D eigenvalue weighted by molar-refractivity contribution is -0.112. The standard InChI is InChI=1S/C19H16BrN3O2/c1-13(24)15-5-3-7-18(9-15)23-19(25)16(10-21)12-22-11-14-4-2-6-17(20)8-14/h2-9,12,22H,11H2,1H3,(H,23,25)/b16-12-. The number of hydrogen-bond acceptors (Lipinski definition) is 4. The third kappa shape index (κ3) is 5.59. The summed E-state index contributed by atoms with van der Waals surface area (Å²) in [6.45, 7) is 1.94. The molecule has 6 heteroatoms. The molecule has 2 aromatic rings. The van der Waals surface area contributed by atoms with E-state index in [4.69, 9.17) is 0 Å². The van der Waals surface area contributed by atoms with Crippen molar-refractivity contribution in [3.05, 3.63) is 75.9 Å². The van der Waals surface area contributed by atoms with Gasteiger partial charge in [0.15, 0.2) is 5.78 Å². The zero-order valence-corrected chi connectivity index (χ0v) is 15.1. The van der Waals surface area contributed by atoms with Crippen molar-refractivity contribution in [1.82, 2.24) is 5.32 Å². The number of carbonyl (C=O) groups excluding carboxylic acids is 2. The molecule has 0 saturated heterocycles. The van der Waals surface area contributed by atoms with Gasteiger partial charge in [0.1, 0.15) is 11.6 Å². The van der Waals surface area contributed by atoms with Crippen molar-refractivity contribution >= 4 is 33.3 Å². The Balaban J connectivity index is 2.02. The number of benzene rings is 2. The molecule has 5 nitrogen and oxygen atoms in total. The summed E-state index contributed by atoms with van der Waals surface area (Å²) in [6.07, 6.45) is 1.38. The second-order valence-corrected chi connectivity index (χ2v) is 6.19. The summed E-state index contributed by atoms with van der Waals surface area (Å²) in [5.74, 6) is -0.632. The van der Waals surface area contributed by atoms with Crippen LogP contribution < -0.4 is 10.6 Å². The number of ketones is 1. The molecule has 25 heavy (non-hydrogen) atoms. The molecular formula is C19H16BrN3O2. The monoisotopic (exact) mass is 397 g/mol. The van der Waals surface area contributed by atoms with Crippen molar-refractivity contribution in [3.8, 4) is 6.07 Å². The number of amides is 1. The van der Waals surface area contributed by atoms with E-state index in [1.165, 1.54) is 13.1 Å². The Morgan fingerprint density at radius 2 is 1.96 bits per heavy atom. The number of nitrogens with one attached hydrogen (secondary N) is 2. The van der Waals surface area contributed by atoms with Gasteiger partial charge in [0.2, 0.25) is 0 Å². The zero-order chi connectivity index (χ0) is 18.2. The van der Waals surface area contributed by atoms with Gasteiger partial charge >= 0.3 is 0 Å². The molecule has 0 radical (unpaired) electrons. The third-order valence-corrected chi connectivity index (χ3v) is 3.83. The highest BCUT2D eigenvalue weighted by atomic mass is 79.9. The van der Waals surface area contributed by atoms with Gasteiger partial charge in [-0.15, -0.1) is 0 Å². The van der Waals surface area contributed by atoms with Crippen LogP contribution in [0.2, 0.25) is 0 Å². The molecule has 0 fully saturated rings. The maximum Gasteiger partial charge on any atom is 0.267 e. The Kier molecular flexibility index (Phi) is 6.49. The fourth-order valence-corrected chi connectivity index (χ4v) is 2.53. The summed E-state index contributed by atoms with van der Waals surface area (Å²) < 4.78 is 0.958. The van der Waals surface area contributed by atoms with Gasteiger partial charge in [-0.2, -0.15) is 5.26 Å². The topological polar surface area (TPSA) is 82.0 Å². The lowest BCUT2D eigenvalue weighted by atomic mass is 10.1. The summed E-state index contributed by atoms with van der Waals surface area (Å²) in [6, 6.07) is 16.1. The quantitative estimate of drug-likeness (QED) is 0.441.